The second-order valence-corrected chi connectivity index (χ2v) is 3.49. The highest BCUT2D eigenvalue weighted by atomic mass is 16.1. The smallest absolute Gasteiger partial charge is 0.218 e. The van der Waals surface area contributed by atoms with Crippen LogP contribution in [0.4, 0.5) is 17.1 Å². The molecule has 0 saturated carbocycles. The highest BCUT2D eigenvalue weighted by Crippen LogP contribution is 2.24. The predicted molar refractivity (Wildman–Crippen MR) is 68.6 cm³/mol. The lowest BCUT2D eigenvalue weighted by molar-refractivity contribution is -0.107. The summed E-state index contributed by atoms with van der Waals surface area (Å²) in [5, 5.41) is 2.53. The first-order valence-electron chi connectivity index (χ1n) is 5.30. The van der Waals surface area contributed by atoms with Crippen LogP contribution in [0.1, 0.15) is 0 Å². The normalized spacial score (nSPS) is 9.56. The Morgan fingerprint density at radius 3 is 2.11 bits per heavy atom. The van der Waals surface area contributed by atoms with E-state index in [0.29, 0.717) is 17.8 Å². The van der Waals surface area contributed by atoms with Gasteiger partial charge in [0.1, 0.15) is 0 Å². The maximum Gasteiger partial charge on any atom is 0.218 e. The van der Waals surface area contributed by atoms with Crippen LogP contribution in [-0.4, -0.2) is 17.8 Å². The first-order valence-corrected chi connectivity index (χ1v) is 5.30. The molecule has 0 fully saturated rings. The zero-order valence-corrected chi connectivity index (χ0v) is 9.48. The minimum absolute atomic E-state index is 0.607. The molecule has 1 N–H and O–H groups in total. The largest absolute Gasteiger partial charge is 0.329 e. The van der Waals surface area contributed by atoms with E-state index in [-0.39, 0.29) is 0 Å². The van der Waals surface area contributed by atoms with Crippen LogP contribution in [0.5, 0.6) is 0 Å². The molecule has 90 valence electrons. The second kappa shape index (κ2) is 5.58. The monoisotopic (exact) mass is 241 g/mol. The lowest BCUT2D eigenvalue weighted by Gasteiger charge is -2.17. The quantitative estimate of drug-likeness (QED) is 0.814. The Kier molecular flexibility index (Phi) is 3.66. The van der Waals surface area contributed by atoms with Crippen molar-refractivity contribution in [1.29, 1.82) is 0 Å². The highest BCUT2D eigenvalue weighted by molar-refractivity contribution is 5.86. The molecule has 2 amide bonds. The van der Waals surface area contributed by atoms with Crippen LogP contribution in [0.3, 0.4) is 0 Å². The Labute approximate surface area is 104 Å². The van der Waals surface area contributed by atoms with Crippen LogP contribution in [0.15, 0.2) is 48.8 Å². The summed E-state index contributed by atoms with van der Waals surface area (Å²) in [6, 6.07) is 10.4. The van der Waals surface area contributed by atoms with Gasteiger partial charge >= 0.3 is 0 Å². The number of hydrogen-bond donors (Lipinski definition) is 1. The third-order valence-electron chi connectivity index (χ3n) is 2.42. The molecule has 2 rings (SSSR count). The molecule has 1 aromatic carbocycles. The summed E-state index contributed by atoms with van der Waals surface area (Å²) in [7, 11) is 0. The van der Waals surface area contributed by atoms with Crippen molar-refractivity contribution in [2.24, 2.45) is 0 Å². The van der Waals surface area contributed by atoms with Gasteiger partial charge in [-0.05, 0) is 36.4 Å². The van der Waals surface area contributed by atoms with Gasteiger partial charge < -0.3 is 5.32 Å². The molecule has 0 aliphatic rings. The number of carbonyl (C=O) groups excluding carboxylic acids is 2. The third-order valence-corrected chi connectivity index (χ3v) is 2.42. The molecule has 0 atom stereocenters. The summed E-state index contributed by atoms with van der Waals surface area (Å²) in [4.78, 5) is 26.8. The fourth-order valence-corrected chi connectivity index (χ4v) is 1.56. The molecule has 1 heterocycles. The summed E-state index contributed by atoms with van der Waals surface area (Å²) in [6.07, 6.45) is 4.58. The topological polar surface area (TPSA) is 62.3 Å². The third kappa shape index (κ3) is 2.52. The number of hydrogen-bond acceptors (Lipinski definition) is 3. The number of nitrogens with one attached hydrogen (secondary N) is 1. The van der Waals surface area contributed by atoms with Gasteiger partial charge in [0.05, 0.1) is 5.69 Å². The average Bonchev–Trinajstić information content (AvgIpc) is 2.43. The maximum absolute atomic E-state index is 11.2. The minimum atomic E-state index is 0.607. The van der Waals surface area contributed by atoms with Crippen molar-refractivity contribution in [3.05, 3.63) is 48.8 Å². The van der Waals surface area contributed by atoms with E-state index < -0.39 is 0 Å². The number of benzene rings is 1. The van der Waals surface area contributed by atoms with E-state index in [0.717, 1.165) is 12.1 Å². The number of aromatic nitrogens is 1. The van der Waals surface area contributed by atoms with Crippen LogP contribution in [0.25, 0.3) is 0 Å². The Hall–Kier alpha value is -2.69. The number of rotatable bonds is 5. The number of pyridine rings is 1. The second-order valence-electron chi connectivity index (χ2n) is 3.49. The fraction of sp³-hybridized carbons (Fsp3) is 0. The summed E-state index contributed by atoms with van der Waals surface area (Å²) < 4.78 is 0. The molecule has 1 aromatic heterocycles. The fourth-order valence-electron chi connectivity index (χ4n) is 1.56. The van der Waals surface area contributed by atoms with Gasteiger partial charge in [-0.15, -0.1) is 0 Å². The molecule has 0 bridgehead atoms. The zero-order valence-electron chi connectivity index (χ0n) is 9.48. The van der Waals surface area contributed by atoms with Crippen molar-refractivity contribution in [3.63, 3.8) is 0 Å². The lowest BCUT2D eigenvalue weighted by Crippen LogP contribution is -2.13. The van der Waals surface area contributed by atoms with Gasteiger partial charge in [-0.3, -0.25) is 19.5 Å². The lowest BCUT2D eigenvalue weighted by atomic mass is 10.2. The maximum atomic E-state index is 11.2. The van der Waals surface area contributed by atoms with Crippen LogP contribution in [0, 0.1) is 0 Å². The Morgan fingerprint density at radius 2 is 1.56 bits per heavy atom. The van der Waals surface area contributed by atoms with E-state index >= 15 is 0 Å². The van der Waals surface area contributed by atoms with Crippen molar-refractivity contribution in [1.82, 2.24) is 4.98 Å². The van der Waals surface area contributed by atoms with Crippen molar-refractivity contribution in [2.75, 3.05) is 10.2 Å². The molecule has 5 heteroatoms. The first-order chi connectivity index (χ1) is 8.85. The zero-order chi connectivity index (χ0) is 12.8. The molecular weight excluding hydrogens is 230 g/mol. The Morgan fingerprint density at radius 1 is 0.944 bits per heavy atom. The Balaban J connectivity index is 2.28. The van der Waals surface area contributed by atoms with E-state index in [9.17, 15) is 9.59 Å². The molecule has 0 radical (unpaired) electrons. The van der Waals surface area contributed by atoms with Gasteiger partial charge in [0.25, 0.3) is 0 Å². The molecule has 18 heavy (non-hydrogen) atoms. The van der Waals surface area contributed by atoms with Crippen molar-refractivity contribution in [3.8, 4) is 0 Å². The minimum Gasteiger partial charge on any atom is -0.329 e. The van der Waals surface area contributed by atoms with Gasteiger partial charge in [0, 0.05) is 23.8 Å². The molecule has 2 aromatic rings. The molecule has 0 spiro atoms. The number of nitrogens with zero attached hydrogens (tertiary/aromatic N) is 2. The van der Waals surface area contributed by atoms with Gasteiger partial charge in [-0.25, -0.2) is 0 Å². The first kappa shape index (κ1) is 11.8. The van der Waals surface area contributed by atoms with Crippen molar-refractivity contribution < 1.29 is 9.59 Å². The summed E-state index contributed by atoms with van der Waals surface area (Å²) in [6.45, 7) is 0. The average molecular weight is 241 g/mol. The van der Waals surface area contributed by atoms with Crippen LogP contribution < -0.4 is 10.2 Å². The summed E-state index contributed by atoms with van der Waals surface area (Å²) >= 11 is 0. The van der Waals surface area contributed by atoms with Crippen molar-refractivity contribution in [2.45, 2.75) is 0 Å². The molecule has 0 aliphatic carbocycles. The molecule has 0 saturated heterocycles. The summed E-state index contributed by atoms with van der Waals surface area (Å²) in [5.74, 6) is 0. The highest BCUT2D eigenvalue weighted by Gasteiger charge is 2.07. The number of anilines is 3. The number of amides is 2. The SMILES string of the molecule is O=CNc1ccc(N(C=O)c2ccncc2)cc1. The standard InChI is InChI=1S/C13H11N3O2/c17-9-15-11-1-3-12(4-2-11)16(10-18)13-5-7-14-8-6-13/h1-10H,(H,15,17). The molecular formula is C13H11N3O2. The van der Waals surface area contributed by atoms with Gasteiger partial charge in [0.15, 0.2) is 0 Å². The molecule has 0 aliphatic heterocycles. The van der Waals surface area contributed by atoms with Crippen LogP contribution in [-0.2, 0) is 9.59 Å². The van der Waals surface area contributed by atoms with Gasteiger partial charge in [0.2, 0.25) is 12.8 Å². The van der Waals surface area contributed by atoms with E-state index in [4.69, 9.17) is 0 Å². The van der Waals surface area contributed by atoms with Crippen LogP contribution >= 0.6 is 0 Å². The number of carbonyl (C=O) groups is 2. The summed E-state index contributed by atoms with van der Waals surface area (Å²) in [5.41, 5.74) is 2.12. The predicted octanol–water partition coefficient (Wildman–Crippen LogP) is 1.94. The van der Waals surface area contributed by atoms with Crippen molar-refractivity contribution >= 4 is 29.9 Å². The van der Waals surface area contributed by atoms with E-state index in [1.54, 1.807) is 48.8 Å². The van der Waals surface area contributed by atoms with Gasteiger partial charge in [-0.2, -0.15) is 0 Å². The van der Waals surface area contributed by atoms with E-state index in [1.807, 2.05) is 0 Å². The van der Waals surface area contributed by atoms with E-state index in [2.05, 4.69) is 10.3 Å². The molecule has 5 nitrogen and oxygen atoms in total. The molecule has 0 unspecified atom stereocenters. The van der Waals surface area contributed by atoms with Gasteiger partial charge in [-0.1, -0.05) is 0 Å². The van der Waals surface area contributed by atoms with E-state index in [1.165, 1.54) is 4.90 Å². The van der Waals surface area contributed by atoms with Crippen LogP contribution in [0.2, 0.25) is 0 Å². The Bertz CT molecular complexity index is 526.